The van der Waals surface area contributed by atoms with Crippen LogP contribution in [-0.2, 0) is 11.3 Å². The number of hydrogen-bond acceptors (Lipinski definition) is 3. The minimum absolute atomic E-state index is 0.169. The Morgan fingerprint density at radius 1 is 1.40 bits per heavy atom. The molecule has 4 heteroatoms. The SMILES string of the molecule is CCCC1(C(=O)NCc2ccc(C)nc2)CCNCC1. The molecule has 0 radical (unpaired) electrons. The van der Waals surface area contributed by atoms with Crippen LogP contribution in [0.2, 0.25) is 0 Å². The van der Waals surface area contributed by atoms with Crippen molar-refractivity contribution >= 4 is 5.91 Å². The first kappa shape index (κ1) is 15.0. The Morgan fingerprint density at radius 3 is 2.75 bits per heavy atom. The zero-order chi connectivity index (χ0) is 14.4. The number of rotatable bonds is 5. The Balaban J connectivity index is 1.96. The summed E-state index contributed by atoms with van der Waals surface area (Å²) in [6, 6.07) is 4.01. The molecule has 0 spiro atoms. The third-order valence-electron chi connectivity index (χ3n) is 4.20. The average Bonchev–Trinajstić information content (AvgIpc) is 2.47. The maximum absolute atomic E-state index is 12.6. The van der Waals surface area contributed by atoms with E-state index in [0.717, 1.165) is 50.0 Å². The number of pyridine rings is 1. The third-order valence-corrected chi connectivity index (χ3v) is 4.20. The van der Waals surface area contributed by atoms with Crippen molar-refractivity contribution in [2.24, 2.45) is 5.41 Å². The molecule has 1 saturated heterocycles. The normalized spacial score (nSPS) is 17.7. The maximum atomic E-state index is 12.6. The van der Waals surface area contributed by atoms with Gasteiger partial charge in [0.05, 0.1) is 5.41 Å². The van der Waals surface area contributed by atoms with E-state index >= 15 is 0 Å². The molecule has 0 saturated carbocycles. The molecule has 2 rings (SSSR count). The molecule has 0 unspecified atom stereocenters. The lowest BCUT2D eigenvalue weighted by Crippen LogP contribution is -2.47. The lowest BCUT2D eigenvalue weighted by atomic mass is 9.74. The van der Waals surface area contributed by atoms with Gasteiger partial charge in [0.2, 0.25) is 5.91 Å². The van der Waals surface area contributed by atoms with Gasteiger partial charge < -0.3 is 10.6 Å². The van der Waals surface area contributed by atoms with Crippen molar-refractivity contribution in [3.8, 4) is 0 Å². The molecule has 1 amide bonds. The monoisotopic (exact) mass is 275 g/mol. The highest BCUT2D eigenvalue weighted by Crippen LogP contribution is 2.34. The van der Waals surface area contributed by atoms with Crippen LogP contribution in [0.3, 0.4) is 0 Å². The van der Waals surface area contributed by atoms with Gasteiger partial charge in [0.15, 0.2) is 0 Å². The van der Waals surface area contributed by atoms with Crippen molar-refractivity contribution in [2.45, 2.75) is 46.1 Å². The second-order valence-corrected chi connectivity index (χ2v) is 5.77. The lowest BCUT2D eigenvalue weighted by molar-refractivity contribution is -0.133. The molecule has 20 heavy (non-hydrogen) atoms. The summed E-state index contributed by atoms with van der Waals surface area (Å²) in [5, 5.41) is 6.45. The molecule has 1 aromatic rings. The molecule has 0 bridgehead atoms. The molecule has 0 aliphatic carbocycles. The van der Waals surface area contributed by atoms with Crippen LogP contribution in [0.4, 0.5) is 0 Å². The fourth-order valence-corrected chi connectivity index (χ4v) is 2.95. The molecule has 0 aromatic carbocycles. The van der Waals surface area contributed by atoms with E-state index < -0.39 is 0 Å². The second kappa shape index (κ2) is 6.84. The molecule has 1 fully saturated rings. The molecular weight excluding hydrogens is 250 g/mol. The van der Waals surface area contributed by atoms with Crippen molar-refractivity contribution in [3.05, 3.63) is 29.6 Å². The van der Waals surface area contributed by atoms with Gasteiger partial charge in [-0.25, -0.2) is 0 Å². The molecular formula is C16H25N3O. The van der Waals surface area contributed by atoms with E-state index in [1.807, 2.05) is 25.3 Å². The average molecular weight is 275 g/mol. The van der Waals surface area contributed by atoms with E-state index in [2.05, 4.69) is 22.5 Å². The highest BCUT2D eigenvalue weighted by atomic mass is 16.2. The maximum Gasteiger partial charge on any atom is 0.226 e. The van der Waals surface area contributed by atoms with E-state index in [4.69, 9.17) is 0 Å². The van der Waals surface area contributed by atoms with E-state index in [1.165, 1.54) is 0 Å². The highest BCUT2D eigenvalue weighted by molar-refractivity contribution is 5.82. The minimum atomic E-state index is -0.169. The van der Waals surface area contributed by atoms with Crippen LogP contribution in [-0.4, -0.2) is 24.0 Å². The Hall–Kier alpha value is -1.42. The van der Waals surface area contributed by atoms with Gasteiger partial charge >= 0.3 is 0 Å². The van der Waals surface area contributed by atoms with Crippen LogP contribution < -0.4 is 10.6 Å². The summed E-state index contributed by atoms with van der Waals surface area (Å²) in [7, 11) is 0. The summed E-state index contributed by atoms with van der Waals surface area (Å²) in [6.07, 6.45) is 5.76. The zero-order valence-electron chi connectivity index (χ0n) is 12.5. The van der Waals surface area contributed by atoms with Crippen molar-refractivity contribution < 1.29 is 4.79 Å². The Kier molecular flexibility index (Phi) is 5.12. The first-order chi connectivity index (χ1) is 9.66. The largest absolute Gasteiger partial charge is 0.351 e. The predicted molar refractivity (Wildman–Crippen MR) is 80.3 cm³/mol. The second-order valence-electron chi connectivity index (χ2n) is 5.77. The molecule has 110 valence electrons. The number of nitrogens with zero attached hydrogens (tertiary/aromatic N) is 1. The summed E-state index contributed by atoms with van der Waals surface area (Å²) in [5.74, 6) is 0.210. The van der Waals surface area contributed by atoms with Gasteiger partial charge in [-0.3, -0.25) is 9.78 Å². The Labute approximate surface area is 121 Å². The number of aromatic nitrogens is 1. The Bertz CT molecular complexity index is 430. The summed E-state index contributed by atoms with van der Waals surface area (Å²) in [5.41, 5.74) is 1.89. The first-order valence-corrected chi connectivity index (χ1v) is 7.57. The molecule has 0 atom stereocenters. The van der Waals surface area contributed by atoms with Gasteiger partial charge in [0, 0.05) is 18.4 Å². The van der Waals surface area contributed by atoms with Gasteiger partial charge in [-0.05, 0) is 50.9 Å². The van der Waals surface area contributed by atoms with E-state index in [0.29, 0.717) is 6.54 Å². The van der Waals surface area contributed by atoms with Gasteiger partial charge in [-0.1, -0.05) is 19.4 Å². The fourth-order valence-electron chi connectivity index (χ4n) is 2.95. The molecule has 1 aliphatic heterocycles. The summed E-state index contributed by atoms with van der Waals surface area (Å²) in [4.78, 5) is 16.9. The molecule has 1 aliphatic rings. The van der Waals surface area contributed by atoms with Crippen LogP contribution in [0.5, 0.6) is 0 Å². The van der Waals surface area contributed by atoms with Gasteiger partial charge in [-0.15, -0.1) is 0 Å². The summed E-state index contributed by atoms with van der Waals surface area (Å²) in [6.45, 7) is 6.58. The standard InChI is InChI=1S/C16H25N3O/c1-3-6-16(7-9-17-10-8-16)15(20)19-12-14-5-4-13(2)18-11-14/h4-5,11,17H,3,6-10,12H2,1-2H3,(H,19,20). The number of hydrogen-bond donors (Lipinski definition) is 2. The van der Waals surface area contributed by atoms with Crippen LogP contribution in [0.15, 0.2) is 18.3 Å². The number of carbonyl (C=O) groups excluding carboxylic acids is 1. The van der Waals surface area contributed by atoms with Gasteiger partial charge in [-0.2, -0.15) is 0 Å². The molecule has 1 aromatic heterocycles. The van der Waals surface area contributed by atoms with Gasteiger partial charge in [0.25, 0.3) is 0 Å². The van der Waals surface area contributed by atoms with Crippen LogP contribution in [0.25, 0.3) is 0 Å². The first-order valence-electron chi connectivity index (χ1n) is 7.57. The van der Waals surface area contributed by atoms with Crippen molar-refractivity contribution in [1.29, 1.82) is 0 Å². The number of piperidine rings is 1. The third kappa shape index (κ3) is 3.57. The number of nitrogens with one attached hydrogen (secondary N) is 2. The smallest absolute Gasteiger partial charge is 0.226 e. The number of carbonyl (C=O) groups is 1. The lowest BCUT2D eigenvalue weighted by Gasteiger charge is -2.36. The Morgan fingerprint density at radius 2 is 2.15 bits per heavy atom. The molecule has 4 nitrogen and oxygen atoms in total. The molecule has 2 N–H and O–H groups in total. The topological polar surface area (TPSA) is 54.0 Å². The minimum Gasteiger partial charge on any atom is -0.351 e. The van der Waals surface area contributed by atoms with Crippen molar-refractivity contribution in [2.75, 3.05) is 13.1 Å². The van der Waals surface area contributed by atoms with Crippen LogP contribution >= 0.6 is 0 Å². The van der Waals surface area contributed by atoms with E-state index in [1.54, 1.807) is 0 Å². The zero-order valence-corrected chi connectivity index (χ0v) is 12.5. The van der Waals surface area contributed by atoms with Crippen LogP contribution in [0.1, 0.15) is 43.9 Å². The van der Waals surface area contributed by atoms with Gasteiger partial charge in [0.1, 0.15) is 0 Å². The summed E-state index contributed by atoms with van der Waals surface area (Å²) >= 11 is 0. The molecule has 2 heterocycles. The van der Waals surface area contributed by atoms with E-state index in [-0.39, 0.29) is 11.3 Å². The van der Waals surface area contributed by atoms with Crippen molar-refractivity contribution in [1.82, 2.24) is 15.6 Å². The number of amides is 1. The summed E-state index contributed by atoms with van der Waals surface area (Å²) < 4.78 is 0. The van der Waals surface area contributed by atoms with E-state index in [9.17, 15) is 4.79 Å². The fraction of sp³-hybridized carbons (Fsp3) is 0.625. The number of aryl methyl sites for hydroxylation is 1. The van der Waals surface area contributed by atoms with Crippen molar-refractivity contribution in [3.63, 3.8) is 0 Å². The quantitative estimate of drug-likeness (QED) is 0.866. The highest BCUT2D eigenvalue weighted by Gasteiger charge is 2.38. The predicted octanol–water partition coefficient (Wildman–Crippen LogP) is 2.18. The van der Waals surface area contributed by atoms with Crippen LogP contribution in [0, 0.1) is 12.3 Å².